The van der Waals surface area contributed by atoms with Crippen molar-refractivity contribution in [1.82, 2.24) is 4.98 Å². The summed E-state index contributed by atoms with van der Waals surface area (Å²) in [5, 5.41) is 1.75. The van der Waals surface area contributed by atoms with Crippen LogP contribution in [0.4, 0.5) is 5.69 Å². The van der Waals surface area contributed by atoms with E-state index in [1.807, 2.05) is 42.5 Å². The lowest BCUT2D eigenvalue weighted by Gasteiger charge is -2.09. The second-order valence-electron chi connectivity index (χ2n) is 4.26. The summed E-state index contributed by atoms with van der Waals surface area (Å²) in [6.45, 7) is 0. The topological polar surface area (TPSA) is 38.9 Å². The lowest BCUT2D eigenvalue weighted by Crippen LogP contribution is -1.92. The van der Waals surface area contributed by atoms with Crippen LogP contribution in [-0.4, -0.2) is 4.98 Å². The van der Waals surface area contributed by atoms with Crippen molar-refractivity contribution in [3.8, 4) is 0 Å². The van der Waals surface area contributed by atoms with Gasteiger partial charge < -0.3 is 5.73 Å². The van der Waals surface area contributed by atoms with Crippen molar-refractivity contribution in [3.05, 3.63) is 58.2 Å². The van der Waals surface area contributed by atoms with Crippen molar-refractivity contribution in [1.29, 1.82) is 0 Å². The molecule has 0 bridgehead atoms. The van der Waals surface area contributed by atoms with Gasteiger partial charge in [-0.25, -0.2) is 0 Å². The molecular weight excluding hydrogens is 356 g/mol. The highest BCUT2D eigenvalue weighted by atomic mass is 79.9. The summed E-state index contributed by atoms with van der Waals surface area (Å²) in [4.78, 5) is 6.41. The molecule has 100 valence electrons. The fourth-order valence-electron chi connectivity index (χ4n) is 1.92. The fourth-order valence-corrected chi connectivity index (χ4v) is 3.55. The number of aromatic nitrogens is 1. The minimum Gasteiger partial charge on any atom is -0.397 e. The van der Waals surface area contributed by atoms with Crippen molar-refractivity contribution in [2.75, 3.05) is 5.73 Å². The molecule has 3 aromatic rings. The summed E-state index contributed by atoms with van der Waals surface area (Å²) in [6.07, 6.45) is 1.70. The van der Waals surface area contributed by atoms with E-state index in [2.05, 4.69) is 20.9 Å². The Morgan fingerprint density at radius 3 is 2.80 bits per heavy atom. The molecule has 0 saturated heterocycles. The SMILES string of the molecule is Nc1cnc2ccc(Br)cc2c1Sc1cccc(Cl)c1. The van der Waals surface area contributed by atoms with Crippen molar-refractivity contribution < 1.29 is 0 Å². The Hall–Kier alpha value is -1.23. The molecule has 20 heavy (non-hydrogen) atoms. The van der Waals surface area contributed by atoms with Crippen LogP contribution in [0.3, 0.4) is 0 Å². The summed E-state index contributed by atoms with van der Waals surface area (Å²) in [5.74, 6) is 0. The van der Waals surface area contributed by atoms with Crippen LogP contribution in [-0.2, 0) is 0 Å². The predicted octanol–water partition coefficient (Wildman–Crippen LogP) is 5.38. The summed E-state index contributed by atoms with van der Waals surface area (Å²) in [7, 11) is 0. The summed E-state index contributed by atoms with van der Waals surface area (Å²) in [6, 6.07) is 13.7. The van der Waals surface area contributed by atoms with Gasteiger partial charge in [0, 0.05) is 24.7 Å². The molecule has 3 rings (SSSR count). The molecule has 0 radical (unpaired) electrons. The van der Waals surface area contributed by atoms with Crippen LogP contribution in [0.1, 0.15) is 0 Å². The Bertz CT molecular complexity index is 787. The Morgan fingerprint density at radius 2 is 2.00 bits per heavy atom. The van der Waals surface area contributed by atoms with Gasteiger partial charge in [0.05, 0.1) is 17.4 Å². The van der Waals surface area contributed by atoms with Gasteiger partial charge in [0.2, 0.25) is 0 Å². The standard InChI is InChI=1S/C15H10BrClN2S/c16-9-4-5-14-12(6-9)15(13(18)8-19-14)20-11-3-1-2-10(17)7-11/h1-8H,18H2. The van der Waals surface area contributed by atoms with Crippen LogP contribution in [0.15, 0.2) is 62.9 Å². The normalized spacial score (nSPS) is 10.9. The van der Waals surface area contributed by atoms with E-state index in [-0.39, 0.29) is 0 Å². The maximum Gasteiger partial charge on any atom is 0.0715 e. The van der Waals surface area contributed by atoms with Crippen LogP contribution in [0.25, 0.3) is 10.9 Å². The number of fused-ring (bicyclic) bond motifs is 1. The van der Waals surface area contributed by atoms with Crippen molar-refractivity contribution >= 4 is 55.9 Å². The van der Waals surface area contributed by atoms with Crippen LogP contribution in [0.2, 0.25) is 5.02 Å². The van der Waals surface area contributed by atoms with Crippen LogP contribution >= 0.6 is 39.3 Å². The minimum atomic E-state index is 0.667. The van der Waals surface area contributed by atoms with E-state index < -0.39 is 0 Å². The van der Waals surface area contributed by atoms with Gasteiger partial charge in [-0.1, -0.05) is 45.4 Å². The number of hydrogen-bond donors (Lipinski definition) is 1. The Morgan fingerprint density at radius 1 is 1.15 bits per heavy atom. The van der Waals surface area contributed by atoms with E-state index in [1.165, 1.54) is 0 Å². The molecule has 0 unspecified atom stereocenters. The molecule has 0 aliphatic heterocycles. The average Bonchev–Trinajstić information content (AvgIpc) is 2.42. The molecule has 0 saturated carbocycles. The first-order valence-corrected chi connectivity index (χ1v) is 7.89. The van der Waals surface area contributed by atoms with Gasteiger partial charge in [-0.15, -0.1) is 0 Å². The fraction of sp³-hybridized carbons (Fsp3) is 0. The molecule has 0 fully saturated rings. The largest absolute Gasteiger partial charge is 0.397 e. The maximum absolute atomic E-state index is 6.09. The Balaban J connectivity index is 2.14. The number of halogens is 2. The molecule has 0 atom stereocenters. The number of rotatable bonds is 2. The third kappa shape index (κ3) is 2.77. The lowest BCUT2D eigenvalue weighted by molar-refractivity contribution is 1.35. The molecule has 2 aromatic carbocycles. The maximum atomic E-state index is 6.09. The first kappa shape index (κ1) is 13.7. The molecule has 0 aliphatic rings. The predicted molar refractivity (Wildman–Crippen MR) is 89.4 cm³/mol. The highest BCUT2D eigenvalue weighted by molar-refractivity contribution is 9.10. The molecule has 1 aromatic heterocycles. The number of hydrogen-bond acceptors (Lipinski definition) is 3. The van der Waals surface area contributed by atoms with E-state index in [0.717, 1.165) is 25.2 Å². The van der Waals surface area contributed by atoms with Gasteiger partial charge in [0.15, 0.2) is 0 Å². The quantitative estimate of drug-likeness (QED) is 0.662. The zero-order valence-electron chi connectivity index (χ0n) is 10.3. The van der Waals surface area contributed by atoms with Crippen LogP contribution < -0.4 is 5.73 Å². The monoisotopic (exact) mass is 364 g/mol. The summed E-state index contributed by atoms with van der Waals surface area (Å²) < 4.78 is 1.00. The first-order chi connectivity index (χ1) is 9.63. The molecule has 1 heterocycles. The highest BCUT2D eigenvalue weighted by Gasteiger charge is 2.09. The van der Waals surface area contributed by atoms with E-state index in [4.69, 9.17) is 17.3 Å². The summed E-state index contributed by atoms with van der Waals surface area (Å²) >= 11 is 11.1. The lowest BCUT2D eigenvalue weighted by atomic mass is 10.2. The molecule has 0 aliphatic carbocycles. The number of anilines is 1. The molecular formula is C15H10BrClN2S. The molecule has 0 amide bonds. The summed E-state index contributed by atoms with van der Waals surface area (Å²) in [5.41, 5.74) is 7.68. The van der Waals surface area contributed by atoms with Gasteiger partial charge in [-0.3, -0.25) is 4.98 Å². The molecule has 2 nitrogen and oxygen atoms in total. The first-order valence-electron chi connectivity index (χ1n) is 5.90. The van der Waals surface area contributed by atoms with Crippen LogP contribution in [0.5, 0.6) is 0 Å². The van der Waals surface area contributed by atoms with Crippen molar-refractivity contribution in [2.24, 2.45) is 0 Å². The molecule has 2 N–H and O–H groups in total. The van der Waals surface area contributed by atoms with Crippen molar-refractivity contribution in [2.45, 2.75) is 9.79 Å². The van der Waals surface area contributed by atoms with Gasteiger partial charge in [-0.2, -0.15) is 0 Å². The Kier molecular flexibility index (Phi) is 3.87. The van der Waals surface area contributed by atoms with Crippen molar-refractivity contribution in [3.63, 3.8) is 0 Å². The second-order valence-corrected chi connectivity index (χ2v) is 6.70. The number of nitrogens with zero attached hydrogens (tertiary/aromatic N) is 1. The van der Waals surface area contributed by atoms with E-state index in [1.54, 1.807) is 18.0 Å². The Labute approximate surface area is 134 Å². The third-order valence-corrected chi connectivity index (χ3v) is 4.70. The minimum absolute atomic E-state index is 0.667. The number of pyridine rings is 1. The van der Waals surface area contributed by atoms with E-state index in [0.29, 0.717) is 10.7 Å². The van der Waals surface area contributed by atoms with Crippen LogP contribution in [0, 0.1) is 0 Å². The third-order valence-electron chi connectivity index (χ3n) is 2.82. The number of nitrogen functional groups attached to an aromatic ring is 1. The zero-order valence-corrected chi connectivity index (χ0v) is 13.5. The number of nitrogens with two attached hydrogens (primary N) is 1. The second kappa shape index (κ2) is 5.64. The van der Waals surface area contributed by atoms with E-state index in [9.17, 15) is 0 Å². The average molecular weight is 366 g/mol. The van der Waals surface area contributed by atoms with Gasteiger partial charge >= 0.3 is 0 Å². The van der Waals surface area contributed by atoms with Gasteiger partial charge in [0.25, 0.3) is 0 Å². The number of benzene rings is 2. The molecule has 5 heteroatoms. The zero-order chi connectivity index (χ0) is 14.1. The van der Waals surface area contributed by atoms with Gasteiger partial charge in [-0.05, 0) is 36.4 Å². The van der Waals surface area contributed by atoms with E-state index >= 15 is 0 Å². The molecule has 0 spiro atoms. The smallest absolute Gasteiger partial charge is 0.0715 e. The van der Waals surface area contributed by atoms with Gasteiger partial charge in [0.1, 0.15) is 0 Å². The highest BCUT2D eigenvalue weighted by Crippen LogP contribution is 2.38.